The second kappa shape index (κ2) is 8.47. The number of nitroso groups, excluding NO2 is 1. The second-order valence-corrected chi connectivity index (χ2v) is 7.18. The number of methoxy groups -OCH3 is 1. The molecule has 0 atom stereocenters. The summed E-state index contributed by atoms with van der Waals surface area (Å²) in [6.45, 7) is 2.26. The number of pyridine rings is 1. The van der Waals surface area contributed by atoms with Crippen molar-refractivity contribution in [2.24, 2.45) is 5.29 Å². The fraction of sp³-hybridized carbons (Fsp3) is 0.188. The van der Waals surface area contributed by atoms with E-state index in [-0.39, 0.29) is 16.9 Å². The highest BCUT2D eigenvalue weighted by Crippen LogP contribution is 2.34. The average Bonchev–Trinajstić information content (AvgIpc) is 3.00. The van der Waals surface area contributed by atoms with Crippen molar-refractivity contribution in [3.63, 3.8) is 0 Å². The molecule has 0 aromatic carbocycles. The number of ether oxygens (including phenoxy) is 1. The van der Waals surface area contributed by atoms with Gasteiger partial charge in [-0.05, 0) is 41.6 Å². The zero-order valence-electron chi connectivity index (χ0n) is 14.3. The van der Waals surface area contributed by atoms with Crippen LogP contribution in [0.4, 0.5) is 17.3 Å². The molecule has 0 aliphatic rings. The number of aromatic nitrogens is 3. The lowest BCUT2D eigenvalue weighted by Crippen LogP contribution is -2.15. The van der Waals surface area contributed by atoms with Crippen LogP contribution in [0, 0.1) is 11.8 Å². The number of anilines is 3. The van der Waals surface area contributed by atoms with Gasteiger partial charge in [0.05, 0.1) is 24.3 Å². The Morgan fingerprint density at radius 3 is 2.70 bits per heavy atom. The van der Waals surface area contributed by atoms with Crippen molar-refractivity contribution >= 4 is 51.9 Å². The zero-order valence-corrected chi connectivity index (χ0v) is 16.6. The topological polar surface area (TPSA) is 92.6 Å². The quantitative estimate of drug-likeness (QED) is 0.324. The Hall–Kier alpha value is -2.49. The molecule has 0 aliphatic heterocycles. The molecular weight excluding hydrogens is 411 g/mol. The summed E-state index contributed by atoms with van der Waals surface area (Å²) in [5.41, 5.74) is 2.43. The molecule has 0 amide bonds. The van der Waals surface area contributed by atoms with Crippen LogP contribution in [0.3, 0.4) is 0 Å². The molecule has 0 unspecified atom stereocenters. The van der Waals surface area contributed by atoms with Crippen LogP contribution in [0.1, 0.15) is 11.1 Å². The molecule has 0 saturated carbocycles. The molecule has 3 rings (SSSR count). The molecule has 0 radical (unpaired) electrons. The van der Waals surface area contributed by atoms with Gasteiger partial charge in [0.1, 0.15) is 10.1 Å². The third kappa shape index (κ3) is 4.26. The lowest BCUT2D eigenvalue weighted by atomic mass is 10.2. The van der Waals surface area contributed by atoms with E-state index in [1.807, 2.05) is 12.3 Å². The van der Waals surface area contributed by atoms with Crippen LogP contribution in [0.15, 0.2) is 35.2 Å². The second-order valence-electron chi connectivity index (χ2n) is 5.36. The predicted molar refractivity (Wildman–Crippen MR) is 107 cm³/mol. The summed E-state index contributed by atoms with van der Waals surface area (Å²) in [6, 6.07) is 3.25. The van der Waals surface area contributed by atoms with Gasteiger partial charge in [0, 0.05) is 18.3 Å². The van der Waals surface area contributed by atoms with Gasteiger partial charge in [0.25, 0.3) is 0 Å². The summed E-state index contributed by atoms with van der Waals surface area (Å²) >= 11 is 13.6. The fourth-order valence-electron chi connectivity index (χ4n) is 2.30. The Morgan fingerprint density at radius 1 is 1.30 bits per heavy atom. The normalized spacial score (nSPS) is 10.5. The predicted octanol–water partition coefficient (Wildman–Crippen LogP) is 4.99. The highest BCUT2D eigenvalue weighted by molar-refractivity contribution is 7.15. The van der Waals surface area contributed by atoms with Crippen LogP contribution < -0.4 is 15.1 Å². The van der Waals surface area contributed by atoms with Crippen molar-refractivity contribution in [1.29, 1.82) is 0 Å². The summed E-state index contributed by atoms with van der Waals surface area (Å²) in [4.78, 5) is 23.8. The van der Waals surface area contributed by atoms with Gasteiger partial charge in [-0.3, -0.25) is 0 Å². The number of rotatable bonds is 7. The third-order valence-corrected chi connectivity index (χ3v) is 5.17. The fourth-order valence-corrected chi connectivity index (χ4v) is 3.53. The Balaban J connectivity index is 1.93. The van der Waals surface area contributed by atoms with E-state index in [4.69, 9.17) is 27.9 Å². The van der Waals surface area contributed by atoms with E-state index in [2.05, 4.69) is 25.6 Å². The highest BCUT2D eigenvalue weighted by atomic mass is 35.5. The first kappa shape index (κ1) is 19.3. The first-order chi connectivity index (χ1) is 13.0. The van der Waals surface area contributed by atoms with Crippen LogP contribution in [-0.2, 0) is 6.54 Å². The Kier molecular flexibility index (Phi) is 6.04. The van der Waals surface area contributed by atoms with Crippen LogP contribution in [0.2, 0.25) is 9.62 Å². The molecular formula is C16H14Cl2N6O2S. The maximum absolute atomic E-state index is 11.5. The van der Waals surface area contributed by atoms with Gasteiger partial charge in [0.2, 0.25) is 5.28 Å². The first-order valence-electron chi connectivity index (χ1n) is 7.65. The van der Waals surface area contributed by atoms with Crippen molar-refractivity contribution in [2.45, 2.75) is 13.5 Å². The molecule has 1 N–H and O–H groups in total. The Bertz CT molecular complexity index is 931. The van der Waals surface area contributed by atoms with E-state index in [1.54, 1.807) is 12.1 Å². The van der Waals surface area contributed by atoms with E-state index in [1.165, 1.54) is 30.8 Å². The van der Waals surface area contributed by atoms with Gasteiger partial charge >= 0.3 is 0 Å². The van der Waals surface area contributed by atoms with Crippen LogP contribution in [0.25, 0.3) is 0 Å². The van der Waals surface area contributed by atoms with E-state index in [0.717, 1.165) is 16.3 Å². The van der Waals surface area contributed by atoms with E-state index < -0.39 is 0 Å². The molecule has 0 fully saturated rings. The summed E-state index contributed by atoms with van der Waals surface area (Å²) in [5, 5.41) is 9.26. The SMILES string of the molecule is COc1ccc(N(N=O)c2nc(Cl)ncc2CNc2c(C)csc2Cl)nc1. The van der Waals surface area contributed by atoms with Gasteiger partial charge in [-0.1, -0.05) is 11.6 Å². The first-order valence-corrected chi connectivity index (χ1v) is 9.29. The zero-order chi connectivity index (χ0) is 19.4. The molecule has 3 aromatic heterocycles. The maximum atomic E-state index is 11.5. The smallest absolute Gasteiger partial charge is 0.224 e. The van der Waals surface area contributed by atoms with E-state index in [9.17, 15) is 4.91 Å². The number of nitrogens with one attached hydrogen (secondary N) is 1. The summed E-state index contributed by atoms with van der Waals surface area (Å²) in [5.74, 6) is 1.04. The molecule has 0 saturated heterocycles. The number of thiophene rings is 1. The van der Waals surface area contributed by atoms with E-state index >= 15 is 0 Å². The number of aryl methyl sites for hydroxylation is 1. The summed E-state index contributed by atoms with van der Waals surface area (Å²) in [6.07, 6.45) is 3.00. The number of halogens is 2. The van der Waals surface area contributed by atoms with Gasteiger partial charge in [0.15, 0.2) is 11.6 Å². The monoisotopic (exact) mass is 424 g/mol. The van der Waals surface area contributed by atoms with Crippen molar-refractivity contribution in [1.82, 2.24) is 15.0 Å². The highest BCUT2D eigenvalue weighted by Gasteiger charge is 2.19. The van der Waals surface area contributed by atoms with Gasteiger partial charge < -0.3 is 10.1 Å². The van der Waals surface area contributed by atoms with Gasteiger partial charge in [-0.25, -0.2) is 9.97 Å². The van der Waals surface area contributed by atoms with Crippen LogP contribution in [0.5, 0.6) is 5.75 Å². The van der Waals surface area contributed by atoms with Crippen molar-refractivity contribution in [3.05, 3.63) is 55.6 Å². The number of hydrogen-bond acceptors (Lipinski definition) is 8. The minimum atomic E-state index is -0.0133. The molecule has 3 heterocycles. The number of nitrogens with zero attached hydrogens (tertiary/aromatic N) is 5. The maximum Gasteiger partial charge on any atom is 0.224 e. The molecule has 140 valence electrons. The molecule has 0 bridgehead atoms. The number of hydrogen-bond donors (Lipinski definition) is 1. The van der Waals surface area contributed by atoms with Crippen molar-refractivity contribution in [2.75, 3.05) is 17.4 Å². The van der Waals surface area contributed by atoms with Gasteiger partial charge in [-0.15, -0.1) is 16.2 Å². The molecule has 27 heavy (non-hydrogen) atoms. The molecule has 0 spiro atoms. The molecule has 11 heteroatoms. The average molecular weight is 425 g/mol. The van der Waals surface area contributed by atoms with Crippen LogP contribution in [-0.4, -0.2) is 22.1 Å². The third-order valence-electron chi connectivity index (χ3n) is 3.65. The molecule has 0 aliphatic carbocycles. The van der Waals surface area contributed by atoms with E-state index in [0.29, 0.717) is 22.2 Å². The van der Waals surface area contributed by atoms with Gasteiger partial charge in [-0.2, -0.15) is 9.99 Å². The standard InChI is InChI=1S/C16H14Cl2N6O2S/c1-9-8-27-14(17)13(9)20-5-10-6-21-16(18)22-15(10)24(23-25)12-4-3-11(26-2)7-19-12/h3-4,6-8,20H,5H2,1-2H3. The summed E-state index contributed by atoms with van der Waals surface area (Å²) in [7, 11) is 1.53. The van der Waals surface area contributed by atoms with Crippen LogP contribution >= 0.6 is 34.5 Å². The lowest BCUT2D eigenvalue weighted by molar-refractivity contribution is 0.413. The summed E-state index contributed by atoms with van der Waals surface area (Å²) < 4.78 is 5.72. The molecule has 8 nitrogen and oxygen atoms in total. The van der Waals surface area contributed by atoms with Crippen molar-refractivity contribution < 1.29 is 4.74 Å². The largest absolute Gasteiger partial charge is 0.495 e. The minimum Gasteiger partial charge on any atom is -0.495 e. The van der Waals surface area contributed by atoms with Crippen molar-refractivity contribution in [3.8, 4) is 5.75 Å². The minimum absolute atomic E-state index is 0.0133. The Morgan fingerprint density at radius 2 is 2.11 bits per heavy atom. The lowest BCUT2D eigenvalue weighted by Gasteiger charge is -2.17. The Labute approximate surface area is 169 Å². The molecule has 3 aromatic rings.